The summed E-state index contributed by atoms with van der Waals surface area (Å²) >= 11 is 5.89. The van der Waals surface area contributed by atoms with Gasteiger partial charge in [0.15, 0.2) is 5.82 Å². The smallest absolute Gasteiger partial charge is 0.234 e. The van der Waals surface area contributed by atoms with Crippen LogP contribution >= 0.6 is 12.2 Å². The molecule has 9 heteroatoms. The van der Waals surface area contributed by atoms with Crippen LogP contribution < -0.4 is 10.1 Å². The third-order valence-electron chi connectivity index (χ3n) is 5.92. The number of piperazine rings is 1. The molecular weight excluding hydrogens is 448 g/mol. The van der Waals surface area contributed by atoms with Crippen molar-refractivity contribution in [2.24, 2.45) is 0 Å². The predicted molar refractivity (Wildman–Crippen MR) is 136 cm³/mol. The molecule has 180 valence electrons. The van der Waals surface area contributed by atoms with Gasteiger partial charge < -0.3 is 10.1 Å². The number of rotatable bonds is 9. The summed E-state index contributed by atoms with van der Waals surface area (Å²) in [5.74, 6) is 1.65. The summed E-state index contributed by atoms with van der Waals surface area (Å²) < 4.78 is 9.97. The Morgan fingerprint density at radius 2 is 1.79 bits per heavy atom. The number of nitrogens with one attached hydrogen (secondary N) is 1. The van der Waals surface area contributed by atoms with E-state index >= 15 is 0 Å². The van der Waals surface area contributed by atoms with Gasteiger partial charge >= 0.3 is 0 Å². The standard InChI is InChI=1S/C25H32N6O2S/c1-3-12-26-23(32)18-28-13-15-29(16-14-28)19-30-25(34)31(21-9-5-4-6-10-21)24(27-30)20-8-7-11-22(17-20)33-2/h4-11,17H,3,12-16,18-19H2,1-2H3,(H,26,32). The predicted octanol–water partition coefficient (Wildman–Crippen LogP) is 3.18. The average molecular weight is 481 g/mol. The number of hydrogen-bond donors (Lipinski definition) is 1. The molecule has 34 heavy (non-hydrogen) atoms. The molecule has 0 saturated carbocycles. The van der Waals surface area contributed by atoms with E-state index in [-0.39, 0.29) is 5.91 Å². The van der Waals surface area contributed by atoms with Gasteiger partial charge in [0.2, 0.25) is 10.7 Å². The van der Waals surface area contributed by atoms with Crippen molar-refractivity contribution >= 4 is 18.1 Å². The Bertz CT molecular complexity index is 1150. The highest BCUT2D eigenvalue weighted by atomic mass is 32.1. The molecule has 1 aromatic heterocycles. The Hall–Kier alpha value is -3.01. The van der Waals surface area contributed by atoms with Gasteiger partial charge in [-0.15, -0.1) is 5.10 Å². The first-order valence-corrected chi connectivity index (χ1v) is 12.1. The van der Waals surface area contributed by atoms with E-state index in [0.29, 0.717) is 18.0 Å². The molecule has 0 radical (unpaired) electrons. The van der Waals surface area contributed by atoms with Crippen molar-refractivity contribution in [3.05, 3.63) is 59.4 Å². The number of benzene rings is 2. The van der Waals surface area contributed by atoms with Gasteiger partial charge in [-0.3, -0.25) is 19.2 Å². The second-order valence-corrected chi connectivity index (χ2v) is 8.76. The summed E-state index contributed by atoms with van der Waals surface area (Å²) in [6, 6.07) is 17.9. The number of carbonyl (C=O) groups is 1. The second kappa shape index (κ2) is 11.4. The molecule has 4 rings (SSSR count). The van der Waals surface area contributed by atoms with Gasteiger partial charge in [0.25, 0.3) is 0 Å². The lowest BCUT2D eigenvalue weighted by atomic mass is 10.2. The molecule has 0 unspecified atom stereocenters. The zero-order valence-electron chi connectivity index (χ0n) is 19.8. The molecule has 2 aromatic carbocycles. The normalized spacial score (nSPS) is 14.8. The van der Waals surface area contributed by atoms with E-state index < -0.39 is 0 Å². The number of carbonyl (C=O) groups excluding carboxylic acids is 1. The van der Waals surface area contributed by atoms with Crippen molar-refractivity contribution in [1.82, 2.24) is 29.5 Å². The van der Waals surface area contributed by atoms with E-state index in [0.717, 1.165) is 62.0 Å². The molecule has 3 aromatic rings. The first-order chi connectivity index (χ1) is 16.6. The van der Waals surface area contributed by atoms with Gasteiger partial charge in [-0.1, -0.05) is 37.3 Å². The molecule has 1 aliphatic heterocycles. The average Bonchev–Trinajstić information content (AvgIpc) is 3.20. The van der Waals surface area contributed by atoms with Crippen LogP contribution in [0.4, 0.5) is 0 Å². The number of ether oxygens (including phenoxy) is 1. The van der Waals surface area contributed by atoms with Crippen molar-refractivity contribution in [3.8, 4) is 22.8 Å². The minimum Gasteiger partial charge on any atom is -0.497 e. The first kappa shape index (κ1) is 24.1. The fourth-order valence-electron chi connectivity index (χ4n) is 4.06. The van der Waals surface area contributed by atoms with Crippen LogP contribution in [0.3, 0.4) is 0 Å². The minimum atomic E-state index is 0.0991. The molecule has 1 N–H and O–H groups in total. The Balaban J connectivity index is 1.53. The van der Waals surface area contributed by atoms with Crippen LogP contribution in [0.5, 0.6) is 5.75 Å². The summed E-state index contributed by atoms with van der Waals surface area (Å²) in [4.78, 5) is 16.6. The number of nitrogens with zero attached hydrogens (tertiary/aromatic N) is 5. The zero-order chi connectivity index (χ0) is 23.9. The fourth-order valence-corrected chi connectivity index (χ4v) is 4.35. The highest BCUT2D eigenvalue weighted by Crippen LogP contribution is 2.26. The summed E-state index contributed by atoms with van der Waals surface area (Å²) in [5, 5.41) is 7.88. The van der Waals surface area contributed by atoms with Crippen LogP contribution in [0.25, 0.3) is 17.1 Å². The van der Waals surface area contributed by atoms with Crippen molar-refractivity contribution < 1.29 is 9.53 Å². The molecule has 1 fully saturated rings. The Labute approximate surface area is 205 Å². The van der Waals surface area contributed by atoms with Crippen molar-refractivity contribution in [2.45, 2.75) is 20.0 Å². The van der Waals surface area contributed by atoms with Gasteiger partial charge in [0, 0.05) is 44.0 Å². The van der Waals surface area contributed by atoms with Crippen LogP contribution in [0.1, 0.15) is 13.3 Å². The lowest BCUT2D eigenvalue weighted by Crippen LogP contribution is -2.49. The van der Waals surface area contributed by atoms with Crippen LogP contribution in [-0.2, 0) is 11.5 Å². The maximum absolute atomic E-state index is 12.0. The minimum absolute atomic E-state index is 0.0991. The molecule has 0 spiro atoms. The number of para-hydroxylation sites is 1. The van der Waals surface area contributed by atoms with Gasteiger partial charge in [0.1, 0.15) is 5.75 Å². The quantitative estimate of drug-likeness (QED) is 0.475. The lowest BCUT2D eigenvalue weighted by Gasteiger charge is -2.33. The van der Waals surface area contributed by atoms with Crippen LogP contribution in [0.15, 0.2) is 54.6 Å². The maximum Gasteiger partial charge on any atom is 0.234 e. The molecule has 2 heterocycles. The number of hydrogen-bond acceptors (Lipinski definition) is 6. The summed E-state index contributed by atoms with van der Waals surface area (Å²) in [5.41, 5.74) is 1.91. The van der Waals surface area contributed by atoms with E-state index in [9.17, 15) is 4.79 Å². The second-order valence-electron chi connectivity index (χ2n) is 8.39. The Morgan fingerprint density at radius 3 is 2.50 bits per heavy atom. The van der Waals surface area contributed by atoms with E-state index in [1.54, 1.807) is 7.11 Å². The largest absolute Gasteiger partial charge is 0.497 e. The number of amides is 1. The number of methoxy groups -OCH3 is 1. The van der Waals surface area contributed by atoms with Gasteiger partial charge in [-0.25, -0.2) is 4.68 Å². The zero-order valence-corrected chi connectivity index (χ0v) is 20.6. The molecular formula is C25H32N6O2S. The highest BCUT2D eigenvalue weighted by molar-refractivity contribution is 7.71. The maximum atomic E-state index is 12.0. The van der Waals surface area contributed by atoms with Crippen LogP contribution in [0, 0.1) is 4.77 Å². The molecule has 0 aliphatic carbocycles. The SMILES string of the molecule is CCCNC(=O)CN1CCN(Cn2nc(-c3cccc(OC)c3)n(-c3ccccc3)c2=S)CC1. The van der Waals surface area contributed by atoms with Gasteiger partial charge in [0.05, 0.1) is 20.3 Å². The summed E-state index contributed by atoms with van der Waals surface area (Å²) in [6.07, 6.45) is 0.952. The molecule has 1 amide bonds. The molecule has 0 bridgehead atoms. The summed E-state index contributed by atoms with van der Waals surface area (Å²) in [7, 11) is 1.66. The van der Waals surface area contributed by atoms with Crippen LogP contribution in [-0.4, -0.2) is 76.4 Å². The molecule has 1 saturated heterocycles. The molecule has 1 aliphatic rings. The van der Waals surface area contributed by atoms with Crippen molar-refractivity contribution in [2.75, 3.05) is 46.4 Å². The van der Waals surface area contributed by atoms with Gasteiger partial charge in [-0.05, 0) is 42.9 Å². The highest BCUT2D eigenvalue weighted by Gasteiger charge is 2.21. The molecule has 0 atom stereocenters. The van der Waals surface area contributed by atoms with Crippen LogP contribution in [0.2, 0.25) is 0 Å². The number of aromatic nitrogens is 3. The van der Waals surface area contributed by atoms with E-state index in [4.69, 9.17) is 22.1 Å². The topological polar surface area (TPSA) is 67.6 Å². The van der Waals surface area contributed by atoms with E-state index in [1.807, 2.05) is 63.8 Å². The summed E-state index contributed by atoms with van der Waals surface area (Å²) in [6.45, 7) is 7.25. The third-order valence-corrected chi connectivity index (χ3v) is 6.31. The van der Waals surface area contributed by atoms with Gasteiger partial charge in [-0.2, -0.15) is 0 Å². The third kappa shape index (κ3) is 5.72. The lowest BCUT2D eigenvalue weighted by molar-refractivity contribution is -0.122. The Morgan fingerprint density at radius 1 is 1.06 bits per heavy atom. The molecule has 8 nitrogen and oxygen atoms in total. The Kier molecular flexibility index (Phi) is 8.10. The van der Waals surface area contributed by atoms with Crippen molar-refractivity contribution in [3.63, 3.8) is 0 Å². The van der Waals surface area contributed by atoms with E-state index in [2.05, 4.69) is 22.0 Å². The first-order valence-electron chi connectivity index (χ1n) is 11.7. The van der Waals surface area contributed by atoms with Crippen molar-refractivity contribution in [1.29, 1.82) is 0 Å². The van der Waals surface area contributed by atoms with E-state index in [1.165, 1.54) is 0 Å². The fraction of sp³-hybridized carbons (Fsp3) is 0.400. The monoisotopic (exact) mass is 480 g/mol.